The number of ether oxygens (including phenoxy) is 3. The van der Waals surface area contributed by atoms with Crippen LogP contribution in [0.15, 0.2) is 78.4 Å². The molecular weight excluding hydrogens is 456 g/mol. The molecule has 1 atom stereocenters. The van der Waals surface area contributed by atoms with Gasteiger partial charge in [-0.25, -0.2) is 4.79 Å². The van der Waals surface area contributed by atoms with Crippen LogP contribution in [0.3, 0.4) is 0 Å². The zero-order chi connectivity index (χ0) is 26.3. The maximum atomic E-state index is 13.5. The van der Waals surface area contributed by atoms with Gasteiger partial charge in [-0.2, -0.15) is 0 Å². The van der Waals surface area contributed by atoms with Gasteiger partial charge in [-0.05, 0) is 56.7 Å². The lowest BCUT2D eigenvalue weighted by molar-refractivity contribution is -0.150. The van der Waals surface area contributed by atoms with Gasteiger partial charge in [0, 0.05) is 28.7 Å². The SMILES string of the molecule is COc1ccc(/C=C/C(/C(=C\c2ccccc2O)C(=O)OC(C)(C)C)c2ccc(OC)cc2O)cc1. The topological polar surface area (TPSA) is 85.2 Å². The maximum absolute atomic E-state index is 13.5. The molecule has 0 fully saturated rings. The van der Waals surface area contributed by atoms with Crippen molar-refractivity contribution in [3.8, 4) is 23.0 Å². The molecule has 0 aliphatic carbocycles. The Labute approximate surface area is 212 Å². The molecule has 6 nitrogen and oxygen atoms in total. The first-order chi connectivity index (χ1) is 17.1. The van der Waals surface area contributed by atoms with E-state index < -0.39 is 17.5 Å². The third kappa shape index (κ3) is 6.92. The molecule has 0 amide bonds. The van der Waals surface area contributed by atoms with E-state index in [1.54, 1.807) is 70.4 Å². The summed E-state index contributed by atoms with van der Waals surface area (Å²) in [7, 11) is 3.12. The van der Waals surface area contributed by atoms with Crippen LogP contribution in [0.2, 0.25) is 0 Å². The number of para-hydroxylation sites is 1. The van der Waals surface area contributed by atoms with Gasteiger partial charge < -0.3 is 24.4 Å². The summed E-state index contributed by atoms with van der Waals surface area (Å²) >= 11 is 0. The van der Waals surface area contributed by atoms with Crippen LogP contribution in [0.1, 0.15) is 43.4 Å². The second kappa shape index (κ2) is 11.5. The predicted octanol–water partition coefficient (Wildman–Crippen LogP) is 6.34. The minimum atomic E-state index is -0.749. The Kier molecular flexibility index (Phi) is 8.43. The molecule has 3 aromatic carbocycles. The van der Waals surface area contributed by atoms with E-state index in [2.05, 4.69) is 0 Å². The summed E-state index contributed by atoms with van der Waals surface area (Å²) in [6.45, 7) is 5.36. The lowest BCUT2D eigenvalue weighted by Crippen LogP contribution is -2.26. The smallest absolute Gasteiger partial charge is 0.335 e. The van der Waals surface area contributed by atoms with E-state index in [9.17, 15) is 15.0 Å². The van der Waals surface area contributed by atoms with E-state index >= 15 is 0 Å². The minimum absolute atomic E-state index is 0.0235. The normalized spacial score (nSPS) is 12.9. The fourth-order valence-corrected chi connectivity index (χ4v) is 3.60. The number of phenols is 2. The molecule has 3 aromatic rings. The van der Waals surface area contributed by atoms with E-state index in [0.29, 0.717) is 16.9 Å². The fraction of sp³-hybridized carbons (Fsp3) is 0.233. The Morgan fingerprint density at radius 2 is 1.50 bits per heavy atom. The number of hydrogen-bond donors (Lipinski definition) is 2. The molecule has 0 aromatic heterocycles. The van der Waals surface area contributed by atoms with Crippen LogP contribution < -0.4 is 9.47 Å². The highest BCUT2D eigenvalue weighted by Gasteiger charge is 2.28. The van der Waals surface area contributed by atoms with Crippen molar-refractivity contribution in [3.63, 3.8) is 0 Å². The van der Waals surface area contributed by atoms with Crippen molar-refractivity contribution < 1.29 is 29.2 Å². The van der Waals surface area contributed by atoms with E-state index in [0.717, 1.165) is 11.3 Å². The number of esters is 1. The summed E-state index contributed by atoms with van der Waals surface area (Å²) in [5.74, 6) is -0.0679. The number of hydrogen-bond acceptors (Lipinski definition) is 6. The molecule has 1 unspecified atom stereocenters. The quantitative estimate of drug-likeness (QED) is 0.284. The zero-order valence-corrected chi connectivity index (χ0v) is 21.2. The van der Waals surface area contributed by atoms with Gasteiger partial charge in [0.05, 0.1) is 14.2 Å². The first-order valence-corrected chi connectivity index (χ1v) is 11.5. The van der Waals surface area contributed by atoms with Crippen LogP contribution in [0, 0.1) is 0 Å². The molecule has 0 bridgehead atoms. The lowest BCUT2D eigenvalue weighted by atomic mass is 9.87. The van der Waals surface area contributed by atoms with E-state index in [1.165, 1.54) is 13.2 Å². The first-order valence-electron chi connectivity index (χ1n) is 11.5. The summed E-state index contributed by atoms with van der Waals surface area (Å²) in [5, 5.41) is 21.3. The van der Waals surface area contributed by atoms with Crippen molar-refractivity contribution in [1.29, 1.82) is 0 Å². The van der Waals surface area contributed by atoms with Crippen molar-refractivity contribution in [2.45, 2.75) is 32.3 Å². The van der Waals surface area contributed by atoms with Crippen molar-refractivity contribution >= 4 is 18.1 Å². The number of carbonyl (C=O) groups is 1. The third-order valence-electron chi connectivity index (χ3n) is 5.39. The molecule has 188 valence electrons. The highest BCUT2D eigenvalue weighted by molar-refractivity contribution is 5.97. The maximum Gasteiger partial charge on any atom is 0.335 e. The summed E-state index contributed by atoms with van der Waals surface area (Å²) in [4.78, 5) is 13.5. The Hall–Kier alpha value is -4.19. The standard InChI is InChI=1S/C30H32O6/c1-30(2,3)36-29(33)26(18-21-8-6-7-9-27(21)31)24(25-17-15-23(35-5)19-28(25)32)16-12-20-10-13-22(34-4)14-11-20/h6-19,24,31-32H,1-5H3/b16-12+,26-18+. The van der Waals surface area contributed by atoms with Gasteiger partial charge in [-0.3, -0.25) is 0 Å². The predicted molar refractivity (Wildman–Crippen MR) is 141 cm³/mol. The minimum Gasteiger partial charge on any atom is -0.507 e. The average Bonchev–Trinajstić information content (AvgIpc) is 2.84. The Balaban J connectivity index is 2.19. The molecule has 0 radical (unpaired) electrons. The second-order valence-corrected chi connectivity index (χ2v) is 9.20. The van der Waals surface area contributed by atoms with Gasteiger partial charge in [0.1, 0.15) is 28.6 Å². The van der Waals surface area contributed by atoms with E-state index in [4.69, 9.17) is 14.2 Å². The average molecular weight is 489 g/mol. The number of benzene rings is 3. The van der Waals surface area contributed by atoms with Crippen molar-refractivity contribution in [3.05, 3.63) is 95.1 Å². The van der Waals surface area contributed by atoms with Gasteiger partial charge in [0.15, 0.2) is 0 Å². The molecule has 0 saturated carbocycles. The van der Waals surface area contributed by atoms with Gasteiger partial charge in [-0.15, -0.1) is 0 Å². The molecule has 0 spiro atoms. The molecule has 0 aliphatic heterocycles. The number of rotatable bonds is 8. The van der Waals surface area contributed by atoms with Gasteiger partial charge >= 0.3 is 5.97 Å². The van der Waals surface area contributed by atoms with Crippen molar-refractivity contribution in [2.75, 3.05) is 14.2 Å². The molecule has 0 saturated heterocycles. The molecule has 36 heavy (non-hydrogen) atoms. The fourth-order valence-electron chi connectivity index (χ4n) is 3.60. The third-order valence-corrected chi connectivity index (χ3v) is 5.39. The highest BCUT2D eigenvalue weighted by atomic mass is 16.6. The van der Waals surface area contributed by atoms with Crippen LogP contribution >= 0.6 is 0 Å². The van der Waals surface area contributed by atoms with Crippen LogP contribution in [0.4, 0.5) is 0 Å². The van der Waals surface area contributed by atoms with Crippen LogP contribution in [0.5, 0.6) is 23.0 Å². The Bertz CT molecular complexity index is 1250. The van der Waals surface area contributed by atoms with Crippen molar-refractivity contribution in [1.82, 2.24) is 0 Å². The molecule has 6 heteroatoms. The highest BCUT2D eigenvalue weighted by Crippen LogP contribution is 2.38. The van der Waals surface area contributed by atoms with Crippen LogP contribution in [-0.4, -0.2) is 36.0 Å². The van der Waals surface area contributed by atoms with Crippen molar-refractivity contribution in [2.24, 2.45) is 0 Å². The Morgan fingerprint density at radius 1 is 0.861 bits per heavy atom. The largest absolute Gasteiger partial charge is 0.507 e. The number of phenolic OH excluding ortho intramolecular Hbond substituents is 2. The lowest BCUT2D eigenvalue weighted by Gasteiger charge is -2.24. The Morgan fingerprint density at radius 3 is 2.08 bits per heavy atom. The van der Waals surface area contributed by atoms with Crippen LogP contribution in [-0.2, 0) is 9.53 Å². The van der Waals surface area contributed by atoms with Crippen LogP contribution in [0.25, 0.3) is 12.2 Å². The summed E-state index contributed by atoms with van der Waals surface area (Å²) in [5.41, 5.74) is 1.31. The van der Waals surface area contributed by atoms with Gasteiger partial charge in [0.25, 0.3) is 0 Å². The molecular formula is C30H32O6. The first kappa shape index (κ1) is 26.4. The monoisotopic (exact) mass is 488 g/mol. The van der Waals surface area contributed by atoms with E-state index in [-0.39, 0.29) is 17.1 Å². The molecule has 0 aliphatic rings. The molecule has 2 N–H and O–H groups in total. The number of aromatic hydroxyl groups is 2. The number of allylic oxidation sites excluding steroid dienone is 1. The zero-order valence-electron chi connectivity index (χ0n) is 21.2. The van der Waals surface area contributed by atoms with E-state index in [1.807, 2.05) is 36.4 Å². The van der Waals surface area contributed by atoms with Gasteiger partial charge in [0.2, 0.25) is 0 Å². The summed E-state index contributed by atoms with van der Waals surface area (Å²) in [6.07, 6.45) is 5.27. The summed E-state index contributed by atoms with van der Waals surface area (Å²) in [6, 6.07) is 19.1. The molecule has 3 rings (SSSR count). The number of methoxy groups -OCH3 is 2. The number of carbonyl (C=O) groups excluding carboxylic acids is 1. The van der Waals surface area contributed by atoms with Gasteiger partial charge in [-0.1, -0.05) is 48.6 Å². The summed E-state index contributed by atoms with van der Waals surface area (Å²) < 4.78 is 16.2. The second-order valence-electron chi connectivity index (χ2n) is 9.20. The molecule has 0 heterocycles.